The van der Waals surface area contributed by atoms with Crippen LogP contribution in [0.3, 0.4) is 0 Å². The number of nitriles is 1. The van der Waals surface area contributed by atoms with E-state index in [1.807, 2.05) is 12.1 Å². The van der Waals surface area contributed by atoms with Crippen LogP contribution in [0.1, 0.15) is 5.56 Å². The first-order valence-corrected chi connectivity index (χ1v) is 4.57. The van der Waals surface area contributed by atoms with E-state index in [1.54, 1.807) is 24.3 Å². The molecule has 1 aromatic heterocycles. The summed E-state index contributed by atoms with van der Waals surface area (Å²) in [5, 5.41) is 8.90. The number of H-pyrrole nitrogens is 1. The van der Waals surface area contributed by atoms with Gasteiger partial charge in [0.15, 0.2) is 0 Å². The van der Waals surface area contributed by atoms with E-state index in [4.69, 9.17) is 11.0 Å². The van der Waals surface area contributed by atoms with Gasteiger partial charge in [0.05, 0.1) is 5.69 Å². The van der Waals surface area contributed by atoms with Gasteiger partial charge in [0.2, 0.25) is 5.95 Å². The lowest BCUT2D eigenvalue weighted by Crippen LogP contribution is -2.16. The molecule has 3 N–H and O–H groups in total. The summed E-state index contributed by atoms with van der Waals surface area (Å²) in [7, 11) is 0. The molecule has 78 valence electrons. The average molecular weight is 212 g/mol. The molecule has 0 amide bonds. The number of benzene rings is 1. The Balaban J connectivity index is 2.75. The number of aromatic amines is 1. The van der Waals surface area contributed by atoms with Crippen molar-refractivity contribution in [1.82, 2.24) is 9.97 Å². The lowest BCUT2D eigenvalue weighted by atomic mass is 10.1. The van der Waals surface area contributed by atoms with Crippen molar-refractivity contribution in [2.45, 2.75) is 0 Å². The van der Waals surface area contributed by atoms with Crippen molar-refractivity contribution in [2.75, 3.05) is 5.73 Å². The van der Waals surface area contributed by atoms with Crippen LogP contribution in [0, 0.1) is 11.3 Å². The SMILES string of the molecule is N#Cc1c(-c2ccccc2)nc(N)[nH]c1=O. The van der Waals surface area contributed by atoms with Crippen LogP contribution < -0.4 is 11.3 Å². The molecule has 1 heterocycles. The van der Waals surface area contributed by atoms with Crippen molar-refractivity contribution in [1.29, 1.82) is 5.26 Å². The number of rotatable bonds is 1. The van der Waals surface area contributed by atoms with Gasteiger partial charge in [-0.3, -0.25) is 9.78 Å². The van der Waals surface area contributed by atoms with E-state index < -0.39 is 5.56 Å². The number of nitrogens with zero attached hydrogens (tertiary/aromatic N) is 2. The van der Waals surface area contributed by atoms with E-state index in [2.05, 4.69) is 9.97 Å². The molecule has 1 aromatic carbocycles. The van der Waals surface area contributed by atoms with Gasteiger partial charge in [-0.2, -0.15) is 5.26 Å². The minimum Gasteiger partial charge on any atom is -0.369 e. The summed E-state index contributed by atoms with van der Waals surface area (Å²) < 4.78 is 0. The number of hydrogen-bond donors (Lipinski definition) is 2. The van der Waals surface area contributed by atoms with E-state index >= 15 is 0 Å². The monoisotopic (exact) mass is 212 g/mol. The fourth-order valence-electron chi connectivity index (χ4n) is 1.40. The third-order valence-corrected chi connectivity index (χ3v) is 2.10. The smallest absolute Gasteiger partial charge is 0.270 e. The summed E-state index contributed by atoms with van der Waals surface area (Å²) >= 11 is 0. The molecule has 0 atom stereocenters. The molecule has 0 bridgehead atoms. The molecule has 2 aromatic rings. The first-order valence-electron chi connectivity index (χ1n) is 4.57. The first kappa shape index (κ1) is 9.93. The van der Waals surface area contributed by atoms with E-state index in [0.717, 1.165) is 0 Å². The van der Waals surface area contributed by atoms with Crippen LogP contribution in [0.4, 0.5) is 5.95 Å². The average Bonchev–Trinajstić information content (AvgIpc) is 2.29. The summed E-state index contributed by atoms with van der Waals surface area (Å²) in [6.45, 7) is 0. The summed E-state index contributed by atoms with van der Waals surface area (Å²) in [5.41, 5.74) is 5.90. The fourth-order valence-corrected chi connectivity index (χ4v) is 1.40. The Hall–Kier alpha value is -2.61. The maximum Gasteiger partial charge on any atom is 0.270 e. The van der Waals surface area contributed by atoms with E-state index in [-0.39, 0.29) is 11.5 Å². The van der Waals surface area contributed by atoms with Gasteiger partial charge in [-0.05, 0) is 0 Å². The van der Waals surface area contributed by atoms with Gasteiger partial charge in [-0.1, -0.05) is 30.3 Å². The summed E-state index contributed by atoms with van der Waals surface area (Å²) in [6, 6.07) is 10.8. The molecule has 0 aliphatic heterocycles. The largest absolute Gasteiger partial charge is 0.369 e. The number of nitrogens with one attached hydrogen (secondary N) is 1. The van der Waals surface area contributed by atoms with Crippen LogP contribution in [0.25, 0.3) is 11.3 Å². The molecule has 0 unspecified atom stereocenters. The van der Waals surface area contributed by atoms with Crippen molar-refractivity contribution in [3.63, 3.8) is 0 Å². The van der Waals surface area contributed by atoms with Crippen LogP contribution >= 0.6 is 0 Å². The molecule has 0 fully saturated rings. The molecule has 0 aliphatic rings. The molecule has 2 rings (SSSR count). The molecule has 0 spiro atoms. The van der Waals surface area contributed by atoms with Crippen molar-refractivity contribution in [3.05, 3.63) is 46.2 Å². The lowest BCUT2D eigenvalue weighted by molar-refractivity contribution is 1.12. The van der Waals surface area contributed by atoms with Crippen molar-refractivity contribution in [2.24, 2.45) is 0 Å². The molecule has 5 heteroatoms. The van der Waals surface area contributed by atoms with Gasteiger partial charge >= 0.3 is 0 Å². The number of nitrogen functional groups attached to an aromatic ring is 1. The Bertz CT molecular complexity index is 610. The van der Waals surface area contributed by atoms with Gasteiger partial charge in [0.1, 0.15) is 11.6 Å². The highest BCUT2D eigenvalue weighted by atomic mass is 16.1. The maximum absolute atomic E-state index is 11.5. The normalized spacial score (nSPS) is 9.69. The molecule has 0 radical (unpaired) electrons. The van der Waals surface area contributed by atoms with Crippen LogP contribution in [0.2, 0.25) is 0 Å². The summed E-state index contributed by atoms with van der Waals surface area (Å²) in [4.78, 5) is 17.7. The molecule has 0 aliphatic carbocycles. The second-order valence-electron chi connectivity index (χ2n) is 3.15. The summed E-state index contributed by atoms with van der Waals surface area (Å²) in [5.74, 6) is 0.00264. The Kier molecular flexibility index (Phi) is 2.40. The lowest BCUT2D eigenvalue weighted by Gasteiger charge is -2.03. The van der Waals surface area contributed by atoms with Gasteiger partial charge in [-0.25, -0.2) is 4.98 Å². The van der Waals surface area contributed by atoms with Gasteiger partial charge < -0.3 is 5.73 Å². The highest BCUT2D eigenvalue weighted by Gasteiger charge is 2.11. The minimum atomic E-state index is -0.520. The number of hydrogen-bond acceptors (Lipinski definition) is 4. The predicted molar refractivity (Wildman–Crippen MR) is 59.4 cm³/mol. The highest BCUT2D eigenvalue weighted by Crippen LogP contribution is 2.18. The highest BCUT2D eigenvalue weighted by molar-refractivity contribution is 5.66. The van der Waals surface area contributed by atoms with Crippen LogP contribution in [0.15, 0.2) is 35.1 Å². The van der Waals surface area contributed by atoms with Gasteiger partial charge in [0.25, 0.3) is 5.56 Å². The van der Waals surface area contributed by atoms with Crippen LogP contribution in [0.5, 0.6) is 0 Å². The second-order valence-corrected chi connectivity index (χ2v) is 3.15. The summed E-state index contributed by atoms with van der Waals surface area (Å²) in [6.07, 6.45) is 0. The number of anilines is 1. The molecule has 0 saturated carbocycles. The topological polar surface area (TPSA) is 95.6 Å². The Labute approximate surface area is 91.2 Å². The Morgan fingerprint density at radius 1 is 1.31 bits per heavy atom. The zero-order valence-electron chi connectivity index (χ0n) is 8.27. The Morgan fingerprint density at radius 3 is 2.62 bits per heavy atom. The van der Waals surface area contributed by atoms with E-state index in [1.165, 1.54) is 0 Å². The van der Waals surface area contributed by atoms with Crippen molar-refractivity contribution in [3.8, 4) is 17.3 Å². The molecule has 16 heavy (non-hydrogen) atoms. The minimum absolute atomic E-state index is 0.00264. The van der Waals surface area contributed by atoms with Crippen molar-refractivity contribution >= 4 is 5.95 Å². The zero-order valence-corrected chi connectivity index (χ0v) is 8.27. The van der Waals surface area contributed by atoms with E-state index in [0.29, 0.717) is 11.3 Å². The fraction of sp³-hybridized carbons (Fsp3) is 0. The molecule has 0 saturated heterocycles. The van der Waals surface area contributed by atoms with Crippen LogP contribution in [-0.4, -0.2) is 9.97 Å². The van der Waals surface area contributed by atoms with Gasteiger partial charge in [0, 0.05) is 5.56 Å². The quantitative estimate of drug-likeness (QED) is 0.733. The second kappa shape index (κ2) is 3.87. The third kappa shape index (κ3) is 1.64. The number of nitrogens with two attached hydrogens (primary N) is 1. The van der Waals surface area contributed by atoms with E-state index in [9.17, 15) is 4.79 Å². The maximum atomic E-state index is 11.5. The first-order chi connectivity index (χ1) is 7.72. The third-order valence-electron chi connectivity index (χ3n) is 2.10. The molecule has 5 nitrogen and oxygen atoms in total. The predicted octanol–water partition coefficient (Wildman–Crippen LogP) is 0.891. The zero-order chi connectivity index (χ0) is 11.5. The molecular weight excluding hydrogens is 204 g/mol. The number of aromatic nitrogens is 2. The Morgan fingerprint density at radius 2 is 2.00 bits per heavy atom. The van der Waals surface area contributed by atoms with Crippen molar-refractivity contribution < 1.29 is 0 Å². The van der Waals surface area contributed by atoms with Gasteiger partial charge in [-0.15, -0.1) is 0 Å². The standard InChI is InChI=1S/C11H8N4O/c12-6-8-9(7-4-2-1-3-5-7)14-11(13)15-10(8)16/h1-5H,(H3,13,14,15,16). The molecular formula is C11H8N4O. The van der Waals surface area contributed by atoms with Crippen LogP contribution in [-0.2, 0) is 0 Å².